The lowest BCUT2D eigenvalue weighted by molar-refractivity contribution is 0.102. The normalized spacial score (nSPS) is 10.2. The first-order valence-electron chi connectivity index (χ1n) is 5.88. The molecule has 0 bridgehead atoms. The Bertz CT molecular complexity index is 553. The number of amides is 1. The number of hydrogen-bond donors (Lipinski definition) is 2. The highest BCUT2D eigenvalue weighted by atomic mass is 32.1. The van der Waals surface area contributed by atoms with Gasteiger partial charge in [0.1, 0.15) is 10.8 Å². The molecule has 7 nitrogen and oxygen atoms in total. The number of aromatic nitrogens is 4. The van der Waals surface area contributed by atoms with Crippen molar-refractivity contribution in [2.24, 2.45) is 0 Å². The summed E-state index contributed by atoms with van der Waals surface area (Å²) in [5.74, 6) is 0.316. The van der Waals surface area contributed by atoms with Gasteiger partial charge in [0, 0.05) is 6.54 Å². The molecular formula is C11H14N6OS. The monoisotopic (exact) mass is 278 g/mol. The van der Waals surface area contributed by atoms with Gasteiger partial charge in [-0.3, -0.25) is 10.1 Å². The smallest absolute Gasteiger partial charge is 0.278 e. The Kier molecular flexibility index (Phi) is 4.35. The van der Waals surface area contributed by atoms with E-state index in [2.05, 4.69) is 38.0 Å². The predicted octanol–water partition coefficient (Wildman–Crippen LogP) is 1.71. The summed E-state index contributed by atoms with van der Waals surface area (Å²) in [6, 6.07) is 3.34. The van der Waals surface area contributed by atoms with E-state index in [1.807, 2.05) is 6.92 Å². The van der Waals surface area contributed by atoms with Gasteiger partial charge in [-0.25, -0.2) is 0 Å². The Hall–Kier alpha value is -2.09. The van der Waals surface area contributed by atoms with Crippen LogP contribution in [0.25, 0.3) is 0 Å². The van der Waals surface area contributed by atoms with Crippen LogP contribution >= 0.6 is 11.3 Å². The first-order chi connectivity index (χ1) is 9.19. The number of anilines is 2. The average Bonchev–Trinajstić information content (AvgIpc) is 2.82. The topological polar surface area (TPSA) is 92.7 Å². The second-order valence-electron chi connectivity index (χ2n) is 3.81. The van der Waals surface area contributed by atoms with Crippen LogP contribution in [0.1, 0.15) is 28.8 Å². The zero-order valence-electron chi connectivity index (χ0n) is 10.7. The first kappa shape index (κ1) is 13.3. The van der Waals surface area contributed by atoms with Gasteiger partial charge in [0.05, 0.1) is 0 Å². The van der Waals surface area contributed by atoms with E-state index in [9.17, 15) is 4.79 Å². The number of nitrogens with zero attached hydrogens (tertiary/aromatic N) is 4. The van der Waals surface area contributed by atoms with Gasteiger partial charge < -0.3 is 5.32 Å². The lowest BCUT2D eigenvalue weighted by Gasteiger charge is -2.03. The number of carbonyl (C=O) groups is 1. The van der Waals surface area contributed by atoms with Crippen LogP contribution in [-0.2, 0) is 0 Å². The minimum Gasteiger partial charge on any atom is -0.369 e. The Labute approximate surface area is 114 Å². The second kappa shape index (κ2) is 6.19. The molecule has 2 rings (SSSR count). The van der Waals surface area contributed by atoms with E-state index in [-0.39, 0.29) is 11.6 Å². The molecule has 19 heavy (non-hydrogen) atoms. The summed E-state index contributed by atoms with van der Waals surface area (Å²) in [5.41, 5.74) is 0.245. The molecule has 1 amide bonds. The summed E-state index contributed by atoms with van der Waals surface area (Å²) in [6.07, 6.45) is 1.00. The third-order valence-corrected chi connectivity index (χ3v) is 2.95. The summed E-state index contributed by atoms with van der Waals surface area (Å²) < 4.78 is 0. The van der Waals surface area contributed by atoms with E-state index in [4.69, 9.17) is 0 Å². The molecule has 2 aromatic rings. The molecule has 0 aliphatic heterocycles. The molecule has 0 aliphatic rings. The van der Waals surface area contributed by atoms with Crippen molar-refractivity contribution in [3.8, 4) is 0 Å². The Morgan fingerprint density at radius 3 is 2.68 bits per heavy atom. The maximum Gasteiger partial charge on any atom is 0.278 e. The lowest BCUT2D eigenvalue weighted by atomic mass is 10.3. The van der Waals surface area contributed by atoms with E-state index in [0.717, 1.165) is 18.0 Å². The number of rotatable bonds is 5. The van der Waals surface area contributed by atoms with Crippen LogP contribution in [0.15, 0.2) is 12.1 Å². The van der Waals surface area contributed by atoms with Crippen molar-refractivity contribution in [1.29, 1.82) is 0 Å². The molecule has 0 aromatic carbocycles. The van der Waals surface area contributed by atoms with Crippen LogP contribution in [0.2, 0.25) is 0 Å². The molecule has 2 heterocycles. The van der Waals surface area contributed by atoms with Crippen LogP contribution in [-0.4, -0.2) is 32.8 Å². The quantitative estimate of drug-likeness (QED) is 0.865. The Balaban J connectivity index is 1.99. The maximum atomic E-state index is 11.9. The SMILES string of the molecule is CCCNc1ccc(C(=O)Nc2nnc(C)s2)nn1. The minimum absolute atomic E-state index is 0.245. The van der Waals surface area contributed by atoms with Crippen molar-refractivity contribution >= 4 is 28.2 Å². The van der Waals surface area contributed by atoms with Gasteiger partial charge >= 0.3 is 0 Å². The van der Waals surface area contributed by atoms with Crippen molar-refractivity contribution in [3.63, 3.8) is 0 Å². The Morgan fingerprint density at radius 1 is 1.26 bits per heavy atom. The predicted molar refractivity (Wildman–Crippen MR) is 73.4 cm³/mol. The molecule has 0 unspecified atom stereocenters. The molecule has 0 saturated carbocycles. The maximum absolute atomic E-state index is 11.9. The Morgan fingerprint density at radius 2 is 2.11 bits per heavy atom. The third-order valence-electron chi connectivity index (χ3n) is 2.20. The van der Waals surface area contributed by atoms with Crippen molar-refractivity contribution in [1.82, 2.24) is 20.4 Å². The average molecular weight is 278 g/mol. The van der Waals surface area contributed by atoms with Crippen LogP contribution in [0.5, 0.6) is 0 Å². The van der Waals surface area contributed by atoms with E-state index in [1.165, 1.54) is 11.3 Å². The highest BCUT2D eigenvalue weighted by Gasteiger charge is 2.11. The standard InChI is InChI=1S/C11H14N6OS/c1-3-6-12-9-5-4-8(15-16-9)10(18)13-11-17-14-7(2)19-11/h4-5H,3,6H2,1-2H3,(H,12,16)(H,13,17,18). The summed E-state index contributed by atoms with van der Waals surface area (Å²) in [6.45, 7) is 4.71. The number of hydrogen-bond acceptors (Lipinski definition) is 7. The fraction of sp³-hybridized carbons (Fsp3) is 0.364. The molecule has 0 aliphatic carbocycles. The largest absolute Gasteiger partial charge is 0.369 e. The summed E-state index contributed by atoms with van der Waals surface area (Å²) >= 11 is 1.31. The summed E-state index contributed by atoms with van der Waals surface area (Å²) in [4.78, 5) is 11.9. The van der Waals surface area contributed by atoms with Crippen LogP contribution in [0.4, 0.5) is 10.9 Å². The molecule has 2 aromatic heterocycles. The van der Waals surface area contributed by atoms with Crippen molar-refractivity contribution < 1.29 is 4.79 Å². The van der Waals surface area contributed by atoms with Crippen molar-refractivity contribution in [2.45, 2.75) is 20.3 Å². The molecule has 2 N–H and O–H groups in total. The van der Waals surface area contributed by atoms with E-state index < -0.39 is 0 Å². The van der Waals surface area contributed by atoms with Crippen molar-refractivity contribution in [2.75, 3.05) is 17.2 Å². The molecule has 0 spiro atoms. The fourth-order valence-corrected chi connectivity index (χ4v) is 1.90. The zero-order valence-corrected chi connectivity index (χ0v) is 11.5. The van der Waals surface area contributed by atoms with Gasteiger partial charge in [-0.05, 0) is 25.5 Å². The molecule has 0 saturated heterocycles. The fourth-order valence-electron chi connectivity index (χ4n) is 1.31. The van der Waals surface area contributed by atoms with Gasteiger partial charge in [-0.15, -0.1) is 20.4 Å². The third kappa shape index (κ3) is 3.68. The minimum atomic E-state index is -0.342. The van der Waals surface area contributed by atoms with E-state index in [1.54, 1.807) is 12.1 Å². The molecule has 0 radical (unpaired) electrons. The summed E-state index contributed by atoms with van der Waals surface area (Å²) in [7, 11) is 0. The van der Waals surface area contributed by atoms with Crippen LogP contribution in [0.3, 0.4) is 0 Å². The lowest BCUT2D eigenvalue weighted by Crippen LogP contribution is -2.15. The van der Waals surface area contributed by atoms with Gasteiger partial charge in [0.2, 0.25) is 5.13 Å². The molecule has 0 fully saturated rings. The van der Waals surface area contributed by atoms with E-state index >= 15 is 0 Å². The number of nitrogens with one attached hydrogen (secondary N) is 2. The first-order valence-corrected chi connectivity index (χ1v) is 6.69. The zero-order chi connectivity index (χ0) is 13.7. The summed E-state index contributed by atoms with van der Waals surface area (Å²) in [5, 5.41) is 22.4. The van der Waals surface area contributed by atoms with Gasteiger partial charge in [0.15, 0.2) is 5.69 Å². The molecular weight excluding hydrogens is 264 g/mol. The molecule has 0 atom stereocenters. The van der Waals surface area contributed by atoms with Crippen molar-refractivity contribution in [3.05, 3.63) is 22.8 Å². The highest BCUT2D eigenvalue weighted by Crippen LogP contribution is 2.14. The van der Waals surface area contributed by atoms with Gasteiger partial charge in [-0.1, -0.05) is 18.3 Å². The van der Waals surface area contributed by atoms with E-state index in [0.29, 0.717) is 10.9 Å². The van der Waals surface area contributed by atoms with Gasteiger partial charge in [0.25, 0.3) is 5.91 Å². The van der Waals surface area contributed by atoms with Gasteiger partial charge in [-0.2, -0.15) is 0 Å². The highest BCUT2D eigenvalue weighted by molar-refractivity contribution is 7.15. The van der Waals surface area contributed by atoms with Crippen LogP contribution < -0.4 is 10.6 Å². The second-order valence-corrected chi connectivity index (χ2v) is 4.99. The molecule has 100 valence electrons. The molecule has 8 heteroatoms. The number of carbonyl (C=O) groups excluding carboxylic acids is 1. The van der Waals surface area contributed by atoms with Crippen LogP contribution in [0, 0.1) is 6.92 Å². The number of aryl methyl sites for hydroxylation is 1.